The van der Waals surface area contributed by atoms with Crippen LogP contribution in [0.5, 0.6) is 0 Å². The molecule has 0 bridgehead atoms. The lowest BCUT2D eigenvalue weighted by atomic mass is 10.1. The number of aryl methyl sites for hydroxylation is 1. The highest BCUT2D eigenvalue weighted by Gasteiger charge is 2.37. The molecule has 2 N–H and O–H groups in total. The molecule has 11 nitrogen and oxygen atoms in total. The van der Waals surface area contributed by atoms with Crippen molar-refractivity contribution >= 4 is 52.7 Å². The molecule has 0 fully saturated rings. The third-order valence-electron chi connectivity index (χ3n) is 4.84. The van der Waals surface area contributed by atoms with Gasteiger partial charge < -0.3 is 10.1 Å². The van der Waals surface area contributed by atoms with Crippen LogP contribution in [0, 0.1) is 6.92 Å². The first-order valence-electron chi connectivity index (χ1n) is 10.3. The van der Waals surface area contributed by atoms with Crippen molar-refractivity contribution in [3.63, 3.8) is 0 Å². The number of alkyl halides is 3. The van der Waals surface area contributed by atoms with Crippen molar-refractivity contribution in [1.29, 1.82) is 0 Å². The number of rotatable bonds is 4. The van der Waals surface area contributed by atoms with Gasteiger partial charge in [0.2, 0.25) is 5.91 Å². The number of amides is 4. The maximum absolute atomic E-state index is 13.4. The molecule has 2 aromatic heterocycles. The summed E-state index contributed by atoms with van der Waals surface area (Å²) in [5.41, 5.74) is -0.265. The number of aromatic nitrogens is 3. The van der Waals surface area contributed by atoms with Gasteiger partial charge in [-0.25, -0.2) is 14.5 Å². The van der Waals surface area contributed by atoms with Crippen LogP contribution in [0.25, 0.3) is 5.82 Å². The number of carbonyl (C=O) groups is 4. The molecule has 16 heteroatoms. The predicted octanol–water partition coefficient (Wildman–Crippen LogP) is 4.41. The van der Waals surface area contributed by atoms with Crippen molar-refractivity contribution in [3.05, 3.63) is 69.1 Å². The Morgan fingerprint density at radius 2 is 1.79 bits per heavy atom. The van der Waals surface area contributed by atoms with Crippen LogP contribution in [0.3, 0.4) is 0 Å². The number of nitrogens with one attached hydrogen (secondary N) is 2. The highest BCUT2D eigenvalue weighted by atomic mass is 35.5. The summed E-state index contributed by atoms with van der Waals surface area (Å²) in [7, 11) is 0.978. The summed E-state index contributed by atoms with van der Waals surface area (Å²) < 4.78 is 45.4. The normalized spacial score (nSPS) is 11.1. The Labute approximate surface area is 222 Å². The summed E-state index contributed by atoms with van der Waals surface area (Å²) in [6.45, 7) is 2.43. The lowest BCUT2D eigenvalue weighted by molar-refractivity contribution is -0.141. The molecule has 0 aliphatic carbocycles. The fraction of sp³-hybridized carbons (Fsp3) is 0.182. The Morgan fingerprint density at radius 1 is 1.11 bits per heavy atom. The number of pyridine rings is 1. The van der Waals surface area contributed by atoms with E-state index in [1.54, 1.807) is 0 Å². The number of methoxy groups -OCH3 is 1. The fourth-order valence-corrected chi connectivity index (χ4v) is 3.62. The summed E-state index contributed by atoms with van der Waals surface area (Å²) in [5, 5.41) is 6.04. The molecule has 0 atom stereocenters. The smallest absolute Gasteiger partial charge is 0.435 e. The zero-order valence-electron chi connectivity index (χ0n) is 19.7. The molecule has 3 aromatic rings. The largest absolute Gasteiger partial charge is 0.451 e. The zero-order chi connectivity index (χ0) is 28.4. The van der Waals surface area contributed by atoms with E-state index in [-0.39, 0.29) is 37.7 Å². The first kappa shape index (κ1) is 28.4. The van der Waals surface area contributed by atoms with Crippen LogP contribution < -0.4 is 10.7 Å². The molecule has 0 aliphatic rings. The van der Waals surface area contributed by atoms with Gasteiger partial charge in [0.05, 0.1) is 23.4 Å². The fourth-order valence-electron chi connectivity index (χ4n) is 3.15. The number of hydrogen-bond acceptors (Lipinski definition) is 7. The number of ether oxygens (including phenoxy) is 1. The molecular formula is C22H17Cl2F3N6O5. The Kier molecular flexibility index (Phi) is 8.27. The van der Waals surface area contributed by atoms with Crippen LogP contribution in [-0.4, -0.2) is 50.7 Å². The summed E-state index contributed by atoms with van der Waals surface area (Å²) in [5.74, 6) is -3.34. The SMILES string of the molecule is COC(=O)N(NC(=O)c1cc(Cl)cc(C)c1NC(=O)c1cc(C(F)(F)F)nn1-c1ncccc1Cl)C(C)=O. The Hall–Kier alpha value is -4.17. The average molecular weight is 573 g/mol. The Morgan fingerprint density at radius 3 is 2.37 bits per heavy atom. The second-order valence-electron chi connectivity index (χ2n) is 7.50. The third kappa shape index (κ3) is 6.03. The van der Waals surface area contributed by atoms with Crippen molar-refractivity contribution in [2.24, 2.45) is 0 Å². The van der Waals surface area contributed by atoms with Crippen molar-refractivity contribution < 1.29 is 37.1 Å². The molecule has 200 valence electrons. The summed E-state index contributed by atoms with van der Waals surface area (Å²) in [4.78, 5) is 53.7. The van der Waals surface area contributed by atoms with E-state index in [9.17, 15) is 32.3 Å². The first-order chi connectivity index (χ1) is 17.7. The van der Waals surface area contributed by atoms with Gasteiger partial charge in [-0.1, -0.05) is 23.2 Å². The van der Waals surface area contributed by atoms with Gasteiger partial charge in [-0.3, -0.25) is 19.8 Å². The van der Waals surface area contributed by atoms with E-state index >= 15 is 0 Å². The topological polar surface area (TPSA) is 136 Å². The molecule has 4 amide bonds. The molecule has 2 heterocycles. The molecule has 0 saturated carbocycles. The first-order valence-corrected chi connectivity index (χ1v) is 11.1. The zero-order valence-corrected chi connectivity index (χ0v) is 21.2. The van der Waals surface area contributed by atoms with Crippen LogP contribution in [0.1, 0.15) is 39.0 Å². The second-order valence-corrected chi connectivity index (χ2v) is 8.34. The second kappa shape index (κ2) is 11.1. The summed E-state index contributed by atoms with van der Waals surface area (Å²) in [6, 6.07) is 5.74. The number of halogens is 5. The minimum atomic E-state index is -4.91. The van der Waals surface area contributed by atoms with Gasteiger partial charge in [0.25, 0.3) is 11.8 Å². The molecule has 0 unspecified atom stereocenters. The monoisotopic (exact) mass is 572 g/mol. The van der Waals surface area contributed by atoms with Gasteiger partial charge in [-0.2, -0.15) is 23.3 Å². The van der Waals surface area contributed by atoms with Gasteiger partial charge in [-0.15, -0.1) is 0 Å². The molecule has 3 rings (SSSR count). The van der Waals surface area contributed by atoms with Crippen LogP contribution >= 0.6 is 23.2 Å². The van der Waals surface area contributed by atoms with Gasteiger partial charge >= 0.3 is 12.3 Å². The minimum absolute atomic E-state index is 0.0442. The van der Waals surface area contributed by atoms with E-state index in [1.165, 1.54) is 31.3 Å². The van der Waals surface area contributed by atoms with Gasteiger partial charge in [0.15, 0.2) is 11.5 Å². The standard InChI is InChI=1S/C22H17Cl2F3N6O5/c1-10-7-12(23)8-13(19(35)31-32(11(2)34)21(37)38-3)17(10)29-20(36)15-9-16(22(25,26)27)30-33(15)18-14(24)5-4-6-28-18/h4-9H,1-3H3,(H,29,36)(H,31,35). The van der Waals surface area contributed by atoms with Gasteiger partial charge in [-0.05, 0) is 36.8 Å². The van der Waals surface area contributed by atoms with Crippen molar-refractivity contribution in [2.75, 3.05) is 12.4 Å². The Balaban J connectivity index is 2.07. The van der Waals surface area contributed by atoms with E-state index in [0.717, 1.165) is 20.1 Å². The number of hydrogen-bond donors (Lipinski definition) is 2. The molecule has 0 aliphatic heterocycles. The van der Waals surface area contributed by atoms with E-state index in [4.69, 9.17) is 23.2 Å². The van der Waals surface area contributed by atoms with Gasteiger partial charge in [0.1, 0.15) is 5.69 Å². The van der Waals surface area contributed by atoms with Gasteiger partial charge in [0, 0.05) is 24.2 Å². The highest BCUT2D eigenvalue weighted by molar-refractivity contribution is 6.32. The van der Waals surface area contributed by atoms with E-state index in [1.807, 2.05) is 5.43 Å². The quantitative estimate of drug-likeness (QED) is 0.442. The van der Waals surface area contributed by atoms with Crippen LogP contribution in [0.4, 0.5) is 23.7 Å². The molecule has 38 heavy (non-hydrogen) atoms. The van der Waals surface area contributed by atoms with Crippen molar-refractivity contribution in [2.45, 2.75) is 20.0 Å². The van der Waals surface area contributed by atoms with Crippen LogP contribution in [0.2, 0.25) is 10.0 Å². The van der Waals surface area contributed by atoms with Crippen LogP contribution in [-0.2, 0) is 15.7 Å². The minimum Gasteiger partial charge on any atom is -0.451 e. The number of hydrazine groups is 1. The number of carbonyl (C=O) groups excluding carboxylic acids is 4. The number of anilines is 1. The van der Waals surface area contributed by atoms with Crippen LogP contribution in [0.15, 0.2) is 36.5 Å². The molecule has 0 spiro atoms. The van der Waals surface area contributed by atoms with Crippen molar-refractivity contribution in [1.82, 2.24) is 25.2 Å². The van der Waals surface area contributed by atoms with E-state index in [0.29, 0.717) is 10.7 Å². The maximum atomic E-state index is 13.4. The molecule has 1 aromatic carbocycles. The molecule has 0 radical (unpaired) electrons. The predicted molar refractivity (Wildman–Crippen MR) is 128 cm³/mol. The molecular weight excluding hydrogens is 556 g/mol. The number of imide groups is 1. The lowest BCUT2D eigenvalue weighted by Gasteiger charge is -2.20. The average Bonchev–Trinajstić information content (AvgIpc) is 3.29. The summed E-state index contributed by atoms with van der Waals surface area (Å²) in [6.07, 6.45) is -4.87. The van der Waals surface area contributed by atoms with E-state index < -0.39 is 41.4 Å². The Bertz CT molecular complexity index is 1440. The van der Waals surface area contributed by atoms with Crippen molar-refractivity contribution in [3.8, 4) is 5.82 Å². The lowest BCUT2D eigenvalue weighted by Crippen LogP contribution is -2.49. The van der Waals surface area contributed by atoms with E-state index in [2.05, 4.69) is 20.1 Å². The number of nitrogens with zero attached hydrogens (tertiary/aromatic N) is 4. The summed E-state index contributed by atoms with van der Waals surface area (Å²) >= 11 is 12.1. The molecule has 0 saturated heterocycles. The maximum Gasteiger partial charge on any atom is 0.435 e. The number of benzene rings is 1. The third-order valence-corrected chi connectivity index (χ3v) is 5.35. The highest BCUT2D eigenvalue weighted by Crippen LogP contribution is 2.32.